The Morgan fingerprint density at radius 1 is 1.25 bits per heavy atom. The number of aliphatic hydroxyl groups is 1. The first-order chi connectivity index (χ1) is 11.7. The predicted molar refractivity (Wildman–Crippen MR) is 93.6 cm³/mol. The third-order valence-corrected chi connectivity index (χ3v) is 4.00. The number of carbonyl (C=O) groups is 1. The van der Waals surface area contributed by atoms with Crippen LogP contribution in [0.25, 0.3) is 21.9 Å². The second kappa shape index (κ2) is 6.80. The van der Waals surface area contributed by atoms with Crippen LogP contribution in [0.5, 0.6) is 5.75 Å². The van der Waals surface area contributed by atoms with E-state index in [1.807, 2.05) is 37.3 Å². The van der Waals surface area contributed by atoms with Gasteiger partial charge < -0.3 is 24.9 Å². The molecule has 3 N–H and O–H groups in total. The highest BCUT2D eigenvalue weighted by atomic mass is 16.5. The lowest BCUT2D eigenvalue weighted by Crippen LogP contribution is -2.39. The fourth-order valence-corrected chi connectivity index (χ4v) is 2.64. The lowest BCUT2D eigenvalue weighted by atomic mass is 10.1. The van der Waals surface area contributed by atoms with Crippen LogP contribution in [0.4, 0.5) is 10.5 Å². The van der Waals surface area contributed by atoms with Crippen LogP contribution in [0.15, 0.2) is 40.8 Å². The van der Waals surface area contributed by atoms with Crippen LogP contribution in [0, 0.1) is 0 Å². The number of carbonyl (C=O) groups excluding carboxylic acids is 1. The van der Waals surface area contributed by atoms with E-state index in [-0.39, 0.29) is 12.6 Å². The molecule has 2 aromatic carbocycles. The highest BCUT2D eigenvalue weighted by molar-refractivity contribution is 6.07. The van der Waals surface area contributed by atoms with Gasteiger partial charge in [0.2, 0.25) is 0 Å². The molecule has 126 valence electrons. The minimum absolute atomic E-state index is 0.107. The van der Waals surface area contributed by atoms with Crippen LogP contribution < -0.4 is 15.4 Å². The Balaban J connectivity index is 1.95. The van der Waals surface area contributed by atoms with E-state index in [0.29, 0.717) is 23.4 Å². The highest BCUT2D eigenvalue weighted by Gasteiger charge is 2.15. The third kappa shape index (κ3) is 3.00. The Labute approximate surface area is 139 Å². The van der Waals surface area contributed by atoms with Gasteiger partial charge in [0.15, 0.2) is 0 Å². The molecule has 0 aliphatic heterocycles. The summed E-state index contributed by atoms with van der Waals surface area (Å²) in [5.74, 6) is 0.543. The lowest BCUT2D eigenvalue weighted by Gasteiger charge is -2.16. The number of ether oxygens (including phenoxy) is 1. The number of hydrogen-bond donors (Lipinski definition) is 3. The first kappa shape index (κ1) is 16.1. The number of urea groups is 1. The van der Waals surface area contributed by atoms with Crippen LogP contribution in [0.2, 0.25) is 0 Å². The molecule has 24 heavy (non-hydrogen) atoms. The van der Waals surface area contributed by atoms with E-state index in [4.69, 9.17) is 9.15 Å². The van der Waals surface area contributed by atoms with Gasteiger partial charge >= 0.3 is 6.03 Å². The van der Waals surface area contributed by atoms with E-state index >= 15 is 0 Å². The zero-order chi connectivity index (χ0) is 17.1. The van der Waals surface area contributed by atoms with Crippen LogP contribution in [-0.2, 0) is 0 Å². The number of hydrogen-bond acceptors (Lipinski definition) is 4. The maximum atomic E-state index is 12.1. The molecule has 3 aromatic rings. The molecular formula is C18H20N2O4. The average Bonchev–Trinajstić information content (AvgIpc) is 2.96. The highest BCUT2D eigenvalue weighted by Crippen LogP contribution is 2.36. The van der Waals surface area contributed by atoms with E-state index in [1.54, 1.807) is 13.2 Å². The number of anilines is 1. The Hall–Kier alpha value is -2.73. The summed E-state index contributed by atoms with van der Waals surface area (Å²) in [5, 5.41) is 16.6. The van der Waals surface area contributed by atoms with Crippen LogP contribution >= 0.6 is 0 Å². The summed E-state index contributed by atoms with van der Waals surface area (Å²) >= 11 is 0. The van der Waals surface area contributed by atoms with Crippen molar-refractivity contribution in [3.05, 3.63) is 36.4 Å². The second-order valence-electron chi connectivity index (χ2n) is 5.53. The summed E-state index contributed by atoms with van der Waals surface area (Å²) in [5.41, 5.74) is 1.96. The molecule has 6 heteroatoms. The van der Waals surface area contributed by atoms with Gasteiger partial charge in [0.05, 0.1) is 25.4 Å². The Kier molecular flexibility index (Phi) is 4.57. The summed E-state index contributed by atoms with van der Waals surface area (Å²) < 4.78 is 11.2. The number of amides is 2. The van der Waals surface area contributed by atoms with Gasteiger partial charge in [-0.3, -0.25) is 0 Å². The number of furan rings is 1. The maximum absolute atomic E-state index is 12.1. The number of fused-ring (bicyclic) bond motifs is 3. The van der Waals surface area contributed by atoms with E-state index in [1.165, 1.54) is 0 Å². The van der Waals surface area contributed by atoms with Crippen molar-refractivity contribution in [1.29, 1.82) is 0 Å². The van der Waals surface area contributed by atoms with E-state index in [0.717, 1.165) is 16.4 Å². The molecule has 1 unspecified atom stereocenters. The molecule has 0 radical (unpaired) electrons. The molecule has 2 amide bonds. The Morgan fingerprint density at radius 3 is 2.75 bits per heavy atom. The van der Waals surface area contributed by atoms with Crippen molar-refractivity contribution in [2.75, 3.05) is 19.0 Å². The van der Waals surface area contributed by atoms with Gasteiger partial charge in [-0.15, -0.1) is 0 Å². The Morgan fingerprint density at radius 2 is 2.04 bits per heavy atom. The van der Waals surface area contributed by atoms with Crippen molar-refractivity contribution in [1.82, 2.24) is 5.32 Å². The zero-order valence-electron chi connectivity index (χ0n) is 13.6. The smallest absolute Gasteiger partial charge is 0.319 e. The summed E-state index contributed by atoms with van der Waals surface area (Å²) in [6.07, 6.45) is 0.643. The lowest BCUT2D eigenvalue weighted by molar-refractivity contribution is 0.222. The fraction of sp³-hybridized carbons (Fsp3) is 0.278. The zero-order valence-corrected chi connectivity index (χ0v) is 13.6. The van der Waals surface area contributed by atoms with Crippen LogP contribution in [0.3, 0.4) is 0 Å². The van der Waals surface area contributed by atoms with Gasteiger partial charge in [-0.05, 0) is 18.6 Å². The molecule has 0 aliphatic carbocycles. The average molecular weight is 328 g/mol. The number of nitrogens with one attached hydrogen (secondary N) is 2. The summed E-state index contributed by atoms with van der Waals surface area (Å²) in [6, 6.07) is 10.6. The molecule has 1 aromatic heterocycles. The molecular weight excluding hydrogens is 308 g/mol. The molecule has 0 aliphatic rings. The Bertz CT molecular complexity index is 868. The molecule has 0 saturated heterocycles. The van der Waals surface area contributed by atoms with Crippen LogP contribution in [0.1, 0.15) is 13.3 Å². The van der Waals surface area contributed by atoms with Crippen molar-refractivity contribution < 1.29 is 19.1 Å². The van der Waals surface area contributed by atoms with Crippen molar-refractivity contribution in [3.63, 3.8) is 0 Å². The largest absolute Gasteiger partial charge is 0.495 e. The van der Waals surface area contributed by atoms with Gasteiger partial charge in [-0.1, -0.05) is 25.1 Å². The van der Waals surface area contributed by atoms with Gasteiger partial charge in [0.1, 0.15) is 16.9 Å². The SMILES string of the molecule is CCC(CO)NC(=O)Nc1cc2oc3ccccc3c2cc1OC. The molecule has 0 saturated carbocycles. The standard InChI is InChI=1S/C18H20N2O4/c1-3-11(10-21)19-18(22)20-14-9-16-13(8-17(14)23-2)12-6-4-5-7-15(12)24-16/h4-9,11,21H,3,10H2,1-2H3,(H2,19,20,22). The third-order valence-electron chi connectivity index (χ3n) is 4.00. The number of rotatable bonds is 5. The summed E-state index contributed by atoms with van der Waals surface area (Å²) in [4.78, 5) is 12.1. The molecule has 0 bridgehead atoms. The summed E-state index contributed by atoms with van der Waals surface area (Å²) in [7, 11) is 1.55. The quantitative estimate of drug-likeness (QED) is 0.669. The van der Waals surface area contributed by atoms with Gasteiger partial charge in [0, 0.05) is 16.8 Å². The molecule has 1 heterocycles. The predicted octanol–water partition coefficient (Wildman–Crippen LogP) is 3.49. The number of benzene rings is 2. The molecule has 0 spiro atoms. The number of methoxy groups -OCH3 is 1. The monoisotopic (exact) mass is 328 g/mol. The molecule has 0 fully saturated rings. The fourth-order valence-electron chi connectivity index (χ4n) is 2.64. The first-order valence-corrected chi connectivity index (χ1v) is 7.84. The van der Waals surface area contributed by atoms with Crippen molar-refractivity contribution in [2.24, 2.45) is 0 Å². The normalized spacial score (nSPS) is 12.3. The minimum atomic E-state index is -0.398. The number of para-hydroxylation sites is 1. The van der Waals surface area contributed by atoms with Crippen molar-refractivity contribution >= 4 is 33.7 Å². The molecule has 1 atom stereocenters. The van der Waals surface area contributed by atoms with Crippen molar-refractivity contribution in [3.8, 4) is 5.75 Å². The molecule has 6 nitrogen and oxygen atoms in total. The van der Waals surface area contributed by atoms with E-state index in [2.05, 4.69) is 10.6 Å². The van der Waals surface area contributed by atoms with Gasteiger partial charge in [-0.2, -0.15) is 0 Å². The number of aliphatic hydroxyl groups excluding tert-OH is 1. The van der Waals surface area contributed by atoms with Crippen LogP contribution in [-0.4, -0.2) is 30.9 Å². The maximum Gasteiger partial charge on any atom is 0.319 e. The summed E-state index contributed by atoms with van der Waals surface area (Å²) in [6.45, 7) is 1.78. The van der Waals surface area contributed by atoms with Crippen molar-refractivity contribution in [2.45, 2.75) is 19.4 Å². The molecule has 3 rings (SSSR count). The van der Waals surface area contributed by atoms with Gasteiger partial charge in [-0.25, -0.2) is 4.79 Å². The topological polar surface area (TPSA) is 83.7 Å². The first-order valence-electron chi connectivity index (χ1n) is 7.84. The van der Waals surface area contributed by atoms with E-state index in [9.17, 15) is 9.90 Å². The second-order valence-corrected chi connectivity index (χ2v) is 5.53. The minimum Gasteiger partial charge on any atom is -0.495 e. The van der Waals surface area contributed by atoms with E-state index < -0.39 is 6.03 Å². The van der Waals surface area contributed by atoms with Gasteiger partial charge in [0.25, 0.3) is 0 Å².